The first kappa shape index (κ1) is 19.5. The van der Waals surface area contributed by atoms with Crippen LogP contribution in [0.4, 0.5) is 0 Å². The van der Waals surface area contributed by atoms with Crippen molar-refractivity contribution < 1.29 is 19.0 Å². The Morgan fingerprint density at radius 1 is 1.23 bits per heavy atom. The van der Waals surface area contributed by atoms with Crippen LogP contribution >= 0.6 is 0 Å². The molecule has 1 amide bonds. The van der Waals surface area contributed by atoms with E-state index >= 15 is 0 Å². The molecule has 0 radical (unpaired) electrons. The van der Waals surface area contributed by atoms with Crippen LogP contribution in [0.2, 0.25) is 0 Å². The van der Waals surface area contributed by atoms with Gasteiger partial charge in [-0.05, 0) is 30.7 Å². The number of pyridine rings is 1. The second-order valence-electron chi connectivity index (χ2n) is 6.64. The Morgan fingerprint density at radius 2 is 2.03 bits per heavy atom. The van der Waals surface area contributed by atoms with Crippen molar-refractivity contribution in [3.63, 3.8) is 0 Å². The zero-order valence-corrected chi connectivity index (χ0v) is 16.5. The molecular weight excluding hydrogens is 392 g/mol. The van der Waals surface area contributed by atoms with Crippen molar-refractivity contribution in [2.75, 3.05) is 13.4 Å². The monoisotopic (exact) mass is 412 g/mol. The van der Waals surface area contributed by atoms with Crippen LogP contribution < -0.4 is 30.8 Å². The fraction of sp³-hybridized carbons (Fsp3) is 0.300. The molecule has 0 aliphatic carbocycles. The standard InChI is InChI=1S/C20H20N4O6/c1-3-28-14-6-7-21-18-17(14)19(26)24(20(27)23(18)2)10-16(25)22-9-12-4-5-13-15(8-12)30-11-29-13/h4-8H,3,9-11H2,1-2H3,(H,22,25). The molecule has 3 heterocycles. The highest BCUT2D eigenvalue weighted by atomic mass is 16.7. The summed E-state index contributed by atoms with van der Waals surface area (Å²) in [4.78, 5) is 42.2. The Hall–Kier alpha value is -3.82. The molecule has 0 bridgehead atoms. The lowest BCUT2D eigenvalue weighted by atomic mass is 10.2. The second kappa shape index (κ2) is 7.90. The third-order valence-corrected chi connectivity index (χ3v) is 4.72. The van der Waals surface area contributed by atoms with Gasteiger partial charge >= 0.3 is 5.69 Å². The van der Waals surface area contributed by atoms with Gasteiger partial charge in [-0.1, -0.05) is 6.07 Å². The van der Waals surface area contributed by atoms with Gasteiger partial charge < -0.3 is 19.5 Å². The van der Waals surface area contributed by atoms with Gasteiger partial charge in [0, 0.05) is 19.8 Å². The first-order valence-electron chi connectivity index (χ1n) is 9.36. The Bertz CT molecular complexity index is 1250. The number of carbonyl (C=O) groups excluding carboxylic acids is 1. The lowest BCUT2D eigenvalue weighted by Gasteiger charge is -2.13. The Kier molecular flexibility index (Phi) is 5.13. The summed E-state index contributed by atoms with van der Waals surface area (Å²) in [5, 5.41) is 2.87. The van der Waals surface area contributed by atoms with Crippen molar-refractivity contribution in [3.05, 3.63) is 56.9 Å². The number of hydrogen-bond acceptors (Lipinski definition) is 7. The van der Waals surface area contributed by atoms with Crippen LogP contribution in [0.3, 0.4) is 0 Å². The van der Waals surface area contributed by atoms with Crippen LogP contribution in [-0.2, 0) is 24.9 Å². The number of benzene rings is 1. The molecule has 4 rings (SSSR count). The summed E-state index contributed by atoms with van der Waals surface area (Å²) >= 11 is 0. The molecule has 0 unspecified atom stereocenters. The Labute approximate surface area is 170 Å². The number of ether oxygens (including phenoxy) is 3. The molecule has 2 aromatic heterocycles. The molecule has 10 heteroatoms. The van der Waals surface area contributed by atoms with Crippen LogP contribution in [0.25, 0.3) is 11.0 Å². The van der Waals surface area contributed by atoms with Gasteiger partial charge in [0.1, 0.15) is 17.7 Å². The molecule has 156 valence electrons. The van der Waals surface area contributed by atoms with Crippen molar-refractivity contribution in [1.29, 1.82) is 0 Å². The molecule has 0 spiro atoms. The topological polar surface area (TPSA) is 114 Å². The summed E-state index contributed by atoms with van der Waals surface area (Å²) in [7, 11) is 1.49. The van der Waals surface area contributed by atoms with Crippen LogP contribution in [0.5, 0.6) is 17.2 Å². The summed E-state index contributed by atoms with van der Waals surface area (Å²) in [5.41, 5.74) is -0.253. The number of fused-ring (bicyclic) bond motifs is 2. The molecule has 1 N–H and O–H groups in total. The van der Waals surface area contributed by atoms with E-state index in [9.17, 15) is 14.4 Å². The van der Waals surface area contributed by atoms with Gasteiger partial charge in [0.05, 0.1) is 6.61 Å². The third kappa shape index (κ3) is 3.47. The quantitative estimate of drug-likeness (QED) is 0.629. The average Bonchev–Trinajstić information content (AvgIpc) is 3.22. The zero-order valence-electron chi connectivity index (χ0n) is 16.5. The Balaban J connectivity index is 1.58. The van der Waals surface area contributed by atoms with Crippen LogP contribution in [0, 0.1) is 0 Å². The highest BCUT2D eigenvalue weighted by Crippen LogP contribution is 2.32. The van der Waals surface area contributed by atoms with Crippen LogP contribution in [-0.4, -0.2) is 33.4 Å². The molecular formula is C20H20N4O6. The minimum absolute atomic E-state index is 0.157. The van der Waals surface area contributed by atoms with E-state index < -0.39 is 23.7 Å². The highest BCUT2D eigenvalue weighted by Gasteiger charge is 2.18. The minimum Gasteiger partial charge on any atom is -0.493 e. The predicted octanol–water partition coefficient (Wildman–Crippen LogP) is 0.539. The first-order chi connectivity index (χ1) is 14.5. The normalized spacial score (nSPS) is 12.2. The smallest absolute Gasteiger partial charge is 0.332 e. The number of carbonyl (C=O) groups is 1. The lowest BCUT2D eigenvalue weighted by Crippen LogP contribution is -2.43. The van der Waals surface area contributed by atoms with Crippen molar-refractivity contribution in [2.24, 2.45) is 7.05 Å². The van der Waals surface area contributed by atoms with Crippen molar-refractivity contribution in [1.82, 2.24) is 19.4 Å². The molecule has 0 fully saturated rings. The van der Waals surface area contributed by atoms with Gasteiger partial charge in [-0.2, -0.15) is 0 Å². The zero-order chi connectivity index (χ0) is 21.3. The van der Waals surface area contributed by atoms with E-state index in [1.165, 1.54) is 17.8 Å². The van der Waals surface area contributed by atoms with E-state index in [2.05, 4.69) is 10.3 Å². The number of aromatic nitrogens is 3. The van der Waals surface area contributed by atoms with Crippen molar-refractivity contribution >= 4 is 16.9 Å². The predicted molar refractivity (Wildman–Crippen MR) is 107 cm³/mol. The molecule has 0 saturated carbocycles. The lowest BCUT2D eigenvalue weighted by molar-refractivity contribution is -0.121. The number of amides is 1. The molecule has 1 aliphatic heterocycles. The summed E-state index contributed by atoms with van der Waals surface area (Å²) in [6.07, 6.45) is 1.47. The number of rotatable bonds is 6. The maximum atomic E-state index is 13.0. The molecule has 1 aromatic carbocycles. The molecule has 0 atom stereocenters. The van der Waals surface area contributed by atoms with Crippen molar-refractivity contribution in [3.8, 4) is 17.2 Å². The minimum atomic E-state index is -0.633. The first-order valence-corrected chi connectivity index (χ1v) is 9.36. The molecule has 1 aliphatic rings. The van der Waals surface area contributed by atoms with Crippen LogP contribution in [0.1, 0.15) is 12.5 Å². The molecule has 30 heavy (non-hydrogen) atoms. The van der Waals surface area contributed by atoms with E-state index in [1.807, 2.05) is 0 Å². The fourth-order valence-electron chi connectivity index (χ4n) is 3.25. The van der Waals surface area contributed by atoms with Gasteiger partial charge in [-0.15, -0.1) is 0 Å². The second-order valence-corrected chi connectivity index (χ2v) is 6.64. The fourth-order valence-corrected chi connectivity index (χ4v) is 3.25. The van der Waals surface area contributed by atoms with E-state index in [-0.39, 0.29) is 24.4 Å². The van der Waals surface area contributed by atoms with E-state index in [1.54, 1.807) is 31.2 Å². The largest absolute Gasteiger partial charge is 0.493 e. The van der Waals surface area contributed by atoms with E-state index in [0.29, 0.717) is 23.9 Å². The summed E-state index contributed by atoms with van der Waals surface area (Å²) in [6, 6.07) is 6.89. The maximum absolute atomic E-state index is 13.0. The summed E-state index contributed by atoms with van der Waals surface area (Å²) in [6.45, 7) is 2.09. The van der Waals surface area contributed by atoms with Gasteiger partial charge in [-0.25, -0.2) is 14.3 Å². The summed E-state index contributed by atoms with van der Waals surface area (Å²) in [5.74, 6) is 1.10. The summed E-state index contributed by atoms with van der Waals surface area (Å²) < 4.78 is 18.2. The van der Waals surface area contributed by atoms with Gasteiger partial charge in [-0.3, -0.25) is 14.2 Å². The van der Waals surface area contributed by atoms with Crippen LogP contribution in [0.15, 0.2) is 40.1 Å². The highest BCUT2D eigenvalue weighted by molar-refractivity contribution is 5.82. The number of hydrogen-bond donors (Lipinski definition) is 1. The molecule has 0 saturated heterocycles. The van der Waals surface area contributed by atoms with Gasteiger partial charge in [0.2, 0.25) is 12.7 Å². The number of aryl methyl sites for hydroxylation is 1. The third-order valence-electron chi connectivity index (χ3n) is 4.72. The SMILES string of the molecule is CCOc1ccnc2c1c(=O)n(CC(=O)NCc1ccc3c(c1)OCO3)c(=O)n2C. The maximum Gasteiger partial charge on any atom is 0.332 e. The van der Waals surface area contributed by atoms with E-state index in [4.69, 9.17) is 14.2 Å². The van der Waals surface area contributed by atoms with Gasteiger partial charge in [0.15, 0.2) is 17.1 Å². The number of nitrogens with zero attached hydrogens (tertiary/aromatic N) is 3. The Morgan fingerprint density at radius 3 is 2.83 bits per heavy atom. The molecule has 10 nitrogen and oxygen atoms in total. The van der Waals surface area contributed by atoms with Gasteiger partial charge in [0.25, 0.3) is 5.56 Å². The van der Waals surface area contributed by atoms with E-state index in [0.717, 1.165) is 10.1 Å². The molecule has 3 aromatic rings. The number of nitrogens with one attached hydrogen (secondary N) is 1. The average molecular weight is 412 g/mol. The van der Waals surface area contributed by atoms with Crippen molar-refractivity contribution in [2.45, 2.75) is 20.0 Å².